The van der Waals surface area contributed by atoms with Gasteiger partial charge in [-0.15, -0.1) is 0 Å². The number of H-pyrrole nitrogens is 1. The molecule has 2 heterocycles. The van der Waals surface area contributed by atoms with Gasteiger partial charge < -0.3 is 4.98 Å². The number of sulfone groups is 1. The van der Waals surface area contributed by atoms with Crippen molar-refractivity contribution < 1.29 is 8.42 Å². The van der Waals surface area contributed by atoms with E-state index in [1.165, 1.54) is 0 Å². The number of nitrogens with one attached hydrogen (secondary N) is 1. The number of hydrogen-bond acceptors (Lipinski definition) is 4. The van der Waals surface area contributed by atoms with E-state index < -0.39 is 9.84 Å². The smallest absolute Gasteiger partial charge is 0.182 e. The normalized spacial score (nSPS) is 11.8. The second-order valence-corrected chi connectivity index (χ2v) is 8.74. The summed E-state index contributed by atoms with van der Waals surface area (Å²) in [6.07, 6.45) is 0. The van der Waals surface area contributed by atoms with Crippen LogP contribution in [-0.2, 0) is 15.6 Å². The Labute approximate surface area is 165 Å². The van der Waals surface area contributed by atoms with E-state index in [0.717, 1.165) is 0 Å². The van der Waals surface area contributed by atoms with Crippen LogP contribution in [0.25, 0.3) is 22.6 Å². The molecule has 5 nitrogen and oxygen atoms in total. The highest BCUT2D eigenvalue weighted by molar-refractivity contribution is 7.90. The van der Waals surface area contributed by atoms with Crippen molar-refractivity contribution >= 4 is 44.1 Å². The largest absolute Gasteiger partial charge is 0.337 e. The summed E-state index contributed by atoms with van der Waals surface area (Å²) in [4.78, 5) is 12.0. The molecule has 0 amide bonds. The van der Waals surface area contributed by atoms with Gasteiger partial charge in [0.25, 0.3) is 0 Å². The van der Waals surface area contributed by atoms with Crippen molar-refractivity contribution in [1.82, 2.24) is 15.0 Å². The maximum Gasteiger partial charge on any atom is 0.182 e. The quantitative estimate of drug-likeness (QED) is 0.478. The molecule has 136 valence electrons. The Bertz CT molecular complexity index is 1250. The molecule has 0 spiro atoms. The maximum atomic E-state index is 12.8. The van der Waals surface area contributed by atoms with E-state index >= 15 is 0 Å². The van der Waals surface area contributed by atoms with Gasteiger partial charge in [-0.2, -0.15) is 0 Å². The molecule has 0 aliphatic rings. The predicted molar refractivity (Wildman–Crippen MR) is 107 cm³/mol. The zero-order valence-corrected chi connectivity index (χ0v) is 16.2. The first-order chi connectivity index (χ1) is 12.9. The molecule has 2 aromatic carbocycles. The summed E-state index contributed by atoms with van der Waals surface area (Å²) >= 11 is 12.0. The molecule has 4 aromatic rings. The molecule has 27 heavy (non-hydrogen) atoms. The van der Waals surface area contributed by atoms with Gasteiger partial charge in [-0.25, -0.2) is 18.4 Å². The Morgan fingerprint density at radius 1 is 0.926 bits per heavy atom. The van der Waals surface area contributed by atoms with Crippen LogP contribution in [0.15, 0.2) is 65.6 Å². The Morgan fingerprint density at radius 3 is 2.52 bits per heavy atom. The standard InChI is InChI=1S/C19H13Cl2N3O2S/c20-14-5-2-1-4-12(14)11-27(25,26)13-8-9-15-17(10-13)24-19(23-15)16-6-3-7-18(21)22-16/h1-10H,11H2,(H,23,24). The molecule has 0 aliphatic heterocycles. The molecule has 2 aromatic heterocycles. The van der Waals surface area contributed by atoms with Gasteiger partial charge in [0.15, 0.2) is 15.7 Å². The van der Waals surface area contributed by atoms with Crippen LogP contribution in [-0.4, -0.2) is 23.4 Å². The lowest BCUT2D eigenvalue weighted by Gasteiger charge is -2.06. The van der Waals surface area contributed by atoms with E-state index in [9.17, 15) is 8.42 Å². The van der Waals surface area contributed by atoms with Gasteiger partial charge in [-0.05, 0) is 42.0 Å². The third kappa shape index (κ3) is 3.69. The van der Waals surface area contributed by atoms with Crippen LogP contribution in [0.1, 0.15) is 5.56 Å². The SMILES string of the molecule is O=S(=O)(Cc1ccccc1Cl)c1ccc2nc(-c3cccc(Cl)n3)[nH]c2c1. The van der Waals surface area contributed by atoms with Gasteiger partial charge in [-0.1, -0.05) is 47.5 Å². The van der Waals surface area contributed by atoms with Crippen molar-refractivity contribution in [3.05, 3.63) is 76.4 Å². The minimum atomic E-state index is -3.56. The number of fused-ring (bicyclic) bond motifs is 1. The molecule has 0 atom stereocenters. The number of hydrogen-bond donors (Lipinski definition) is 1. The molecular formula is C19H13Cl2N3O2S. The summed E-state index contributed by atoms with van der Waals surface area (Å²) in [5.41, 5.74) is 2.39. The van der Waals surface area contributed by atoms with Crippen molar-refractivity contribution in [2.75, 3.05) is 0 Å². The molecule has 8 heteroatoms. The Balaban J connectivity index is 1.72. The summed E-state index contributed by atoms with van der Waals surface area (Å²) in [5, 5.41) is 0.786. The minimum Gasteiger partial charge on any atom is -0.337 e. The lowest BCUT2D eigenvalue weighted by molar-refractivity contribution is 0.595. The molecular weight excluding hydrogens is 405 g/mol. The number of aromatic amines is 1. The van der Waals surface area contributed by atoms with Gasteiger partial charge in [0.2, 0.25) is 0 Å². The van der Waals surface area contributed by atoms with Gasteiger partial charge in [-0.3, -0.25) is 0 Å². The van der Waals surface area contributed by atoms with E-state index in [4.69, 9.17) is 23.2 Å². The second-order valence-electron chi connectivity index (χ2n) is 5.96. The molecule has 0 radical (unpaired) electrons. The summed E-state index contributed by atoms with van der Waals surface area (Å²) in [7, 11) is -3.56. The maximum absolute atomic E-state index is 12.8. The average Bonchev–Trinajstić information content (AvgIpc) is 3.07. The lowest BCUT2D eigenvalue weighted by atomic mass is 10.2. The monoisotopic (exact) mass is 417 g/mol. The fourth-order valence-electron chi connectivity index (χ4n) is 2.75. The molecule has 0 unspecified atom stereocenters. The van der Waals surface area contributed by atoms with Crippen LogP contribution in [0.2, 0.25) is 10.2 Å². The summed E-state index contributed by atoms with van der Waals surface area (Å²) < 4.78 is 25.6. The summed E-state index contributed by atoms with van der Waals surface area (Å²) in [6, 6.07) is 16.9. The van der Waals surface area contributed by atoms with E-state index in [-0.39, 0.29) is 10.6 Å². The Kier molecular flexibility index (Phi) is 4.63. The van der Waals surface area contributed by atoms with Gasteiger partial charge in [0.05, 0.1) is 21.7 Å². The van der Waals surface area contributed by atoms with Crippen LogP contribution in [0.4, 0.5) is 0 Å². The summed E-state index contributed by atoms with van der Waals surface area (Å²) in [5.74, 6) is 0.350. The third-order valence-electron chi connectivity index (χ3n) is 4.07. The van der Waals surface area contributed by atoms with Crippen molar-refractivity contribution in [2.24, 2.45) is 0 Å². The fraction of sp³-hybridized carbons (Fsp3) is 0.0526. The van der Waals surface area contributed by atoms with Crippen molar-refractivity contribution in [3.63, 3.8) is 0 Å². The number of rotatable bonds is 4. The molecule has 1 N–H and O–H groups in total. The van der Waals surface area contributed by atoms with Gasteiger partial charge >= 0.3 is 0 Å². The zero-order valence-electron chi connectivity index (χ0n) is 13.9. The number of aromatic nitrogens is 3. The number of nitrogens with zero attached hydrogens (tertiary/aromatic N) is 2. The zero-order chi connectivity index (χ0) is 19.0. The van der Waals surface area contributed by atoms with E-state index in [1.54, 1.807) is 60.7 Å². The third-order valence-corrected chi connectivity index (χ3v) is 6.32. The first-order valence-corrected chi connectivity index (χ1v) is 10.4. The van der Waals surface area contributed by atoms with Gasteiger partial charge in [0, 0.05) is 5.02 Å². The van der Waals surface area contributed by atoms with Crippen LogP contribution >= 0.6 is 23.2 Å². The molecule has 0 saturated carbocycles. The average molecular weight is 418 g/mol. The highest BCUT2D eigenvalue weighted by atomic mass is 35.5. The van der Waals surface area contributed by atoms with Crippen LogP contribution < -0.4 is 0 Å². The van der Waals surface area contributed by atoms with Crippen LogP contribution in [0.3, 0.4) is 0 Å². The van der Waals surface area contributed by atoms with Crippen molar-refractivity contribution in [2.45, 2.75) is 10.6 Å². The minimum absolute atomic E-state index is 0.172. The van der Waals surface area contributed by atoms with E-state index in [0.29, 0.717) is 38.3 Å². The lowest BCUT2D eigenvalue weighted by Crippen LogP contribution is -2.05. The highest BCUT2D eigenvalue weighted by Gasteiger charge is 2.18. The topological polar surface area (TPSA) is 75.7 Å². The number of benzene rings is 2. The molecule has 0 fully saturated rings. The van der Waals surface area contributed by atoms with E-state index in [1.807, 2.05) is 0 Å². The molecule has 0 saturated heterocycles. The molecule has 0 bridgehead atoms. The number of pyridine rings is 1. The first kappa shape index (κ1) is 18.0. The van der Waals surface area contributed by atoms with Crippen LogP contribution in [0, 0.1) is 0 Å². The van der Waals surface area contributed by atoms with Crippen LogP contribution in [0.5, 0.6) is 0 Å². The second kappa shape index (κ2) is 6.96. The predicted octanol–water partition coefficient (Wildman–Crippen LogP) is 4.91. The van der Waals surface area contributed by atoms with Gasteiger partial charge in [0.1, 0.15) is 10.8 Å². The first-order valence-electron chi connectivity index (χ1n) is 8.01. The van der Waals surface area contributed by atoms with Crippen molar-refractivity contribution in [1.29, 1.82) is 0 Å². The molecule has 0 aliphatic carbocycles. The fourth-order valence-corrected chi connectivity index (χ4v) is 4.59. The molecule has 4 rings (SSSR count). The number of imidazole rings is 1. The highest BCUT2D eigenvalue weighted by Crippen LogP contribution is 2.26. The van der Waals surface area contributed by atoms with E-state index in [2.05, 4.69) is 15.0 Å². The Hall–Kier alpha value is -2.41. The summed E-state index contributed by atoms with van der Waals surface area (Å²) in [6.45, 7) is 0. The Morgan fingerprint density at radius 2 is 1.74 bits per heavy atom. The van der Waals surface area contributed by atoms with Crippen molar-refractivity contribution in [3.8, 4) is 11.5 Å². The number of halogens is 2.